The zero-order chi connectivity index (χ0) is 15.5. The summed E-state index contributed by atoms with van der Waals surface area (Å²) in [7, 11) is 0. The number of hydrogen-bond donors (Lipinski definition) is 3. The highest BCUT2D eigenvalue weighted by molar-refractivity contribution is 5.94. The smallest absolute Gasteiger partial charge is 0.321 e. The number of nitrogens with zero attached hydrogens (tertiary/aromatic N) is 3. The minimum Gasteiger partial charge on any atom is -0.481 e. The van der Waals surface area contributed by atoms with Gasteiger partial charge in [0.15, 0.2) is 0 Å². The Hall–Kier alpha value is -2.45. The Morgan fingerprint density at radius 1 is 1.14 bits per heavy atom. The lowest BCUT2D eigenvalue weighted by Gasteiger charge is -2.06. The van der Waals surface area contributed by atoms with Crippen molar-refractivity contribution in [2.45, 2.75) is 38.6 Å². The third kappa shape index (κ3) is 8.35. The molecule has 0 aromatic carbocycles. The summed E-state index contributed by atoms with van der Waals surface area (Å²) in [6.07, 6.45) is 4.99. The van der Waals surface area contributed by atoms with Crippen LogP contribution in [-0.4, -0.2) is 44.6 Å². The topological polar surface area (TPSA) is 126 Å². The maximum atomic E-state index is 11.4. The minimum atomic E-state index is -0.888. The van der Waals surface area contributed by atoms with E-state index in [1.54, 1.807) is 17.1 Å². The number of nitrogens with one attached hydrogen (secondary N) is 2. The Morgan fingerprint density at radius 3 is 2.57 bits per heavy atom. The molecule has 1 heterocycles. The summed E-state index contributed by atoms with van der Waals surface area (Å²) < 4.78 is 1.65. The van der Waals surface area contributed by atoms with E-state index >= 15 is 0 Å². The van der Waals surface area contributed by atoms with Gasteiger partial charge in [-0.3, -0.25) is 19.6 Å². The van der Waals surface area contributed by atoms with Crippen LogP contribution in [0.1, 0.15) is 32.1 Å². The number of carbonyl (C=O) groups is 3. The number of hydrogen-bond acceptors (Lipinski definition) is 5. The van der Waals surface area contributed by atoms with Crippen molar-refractivity contribution < 1.29 is 19.5 Å². The zero-order valence-corrected chi connectivity index (χ0v) is 11.6. The van der Waals surface area contributed by atoms with Gasteiger partial charge in [0.1, 0.15) is 0 Å². The normalized spacial score (nSPS) is 10.1. The lowest BCUT2D eigenvalue weighted by Crippen LogP contribution is -2.39. The van der Waals surface area contributed by atoms with Crippen LogP contribution in [0.25, 0.3) is 0 Å². The minimum absolute atomic E-state index is 0.0295. The van der Waals surface area contributed by atoms with Crippen LogP contribution in [0.15, 0.2) is 12.4 Å². The van der Waals surface area contributed by atoms with E-state index in [1.807, 2.05) is 0 Å². The van der Waals surface area contributed by atoms with Gasteiger partial charge >= 0.3 is 12.0 Å². The molecule has 9 heteroatoms. The Bertz CT molecular complexity index is 460. The predicted molar refractivity (Wildman–Crippen MR) is 72.3 cm³/mol. The van der Waals surface area contributed by atoms with Gasteiger partial charge in [-0.25, -0.2) is 4.79 Å². The molecule has 0 aliphatic heterocycles. The van der Waals surface area contributed by atoms with Crippen molar-refractivity contribution in [2.75, 3.05) is 6.54 Å². The van der Waals surface area contributed by atoms with Crippen molar-refractivity contribution in [2.24, 2.45) is 0 Å². The summed E-state index contributed by atoms with van der Waals surface area (Å²) in [6.45, 7) is 1.04. The van der Waals surface area contributed by atoms with Crippen LogP contribution in [0.2, 0.25) is 0 Å². The van der Waals surface area contributed by atoms with Gasteiger partial charge in [0, 0.05) is 32.1 Å². The molecule has 0 fully saturated rings. The first-order chi connectivity index (χ1) is 10.1. The molecule has 1 rings (SSSR count). The quantitative estimate of drug-likeness (QED) is 0.556. The van der Waals surface area contributed by atoms with Gasteiger partial charge in [0.05, 0.1) is 6.20 Å². The maximum Gasteiger partial charge on any atom is 0.321 e. The molecule has 3 amide bonds. The number of urea groups is 1. The van der Waals surface area contributed by atoms with E-state index in [2.05, 4.69) is 20.9 Å². The van der Waals surface area contributed by atoms with Crippen molar-refractivity contribution in [1.29, 1.82) is 0 Å². The van der Waals surface area contributed by atoms with E-state index in [1.165, 1.54) is 0 Å². The highest BCUT2D eigenvalue weighted by Crippen LogP contribution is 1.99. The second kappa shape index (κ2) is 9.45. The van der Waals surface area contributed by atoms with Gasteiger partial charge in [-0.05, 0) is 19.3 Å². The number of carboxylic acids is 1. The summed E-state index contributed by atoms with van der Waals surface area (Å²) in [5.74, 6) is -1.30. The van der Waals surface area contributed by atoms with Crippen molar-refractivity contribution in [3.63, 3.8) is 0 Å². The molecule has 0 saturated carbocycles. The summed E-state index contributed by atoms with van der Waals surface area (Å²) in [4.78, 5) is 33.0. The highest BCUT2D eigenvalue weighted by atomic mass is 16.4. The summed E-state index contributed by atoms with van der Waals surface area (Å²) in [6, 6.07) is -0.545. The molecule has 21 heavy (non-hydrogen) atoms. The molecular weight excluding hydrogens is 278 g/mol. The lowest BCUT2D eigenvalue weighted by molar-refractivity contribution is -0.137. The number of amides is 3. The van der Waals surface area contributed by atoms with Crippen molar-refractivity contribution in [3.05, 3.63) is 12.4 Å². The Kier molecular flexibility index (Phi) is 7.47. The fourth-order valence-electron chi connectivity index (χ4n) is 1.59. The van der Waals surface area contributed by atoms with Gasteiger partial charge < -0.3 is 10.4 Å². The van der Waals surface area contributed by atoms with Gasteiger partial charge in [-0.1, -0.05) is 5.21 Å². The molecule has 0 unspecified atom stereocenters. The molecule has 0 radical (unpaired) electrons. The molecule has 0 atom stereocenters. The number of aliphatic carboxylic acids is 1. The summed E-state index contributed by atoms with van der Waals surface area (Å²) in [5, 5.41) is 20.6. The number of rotatable bonds is 9. The average molecular weight is 297 g/mol. The predicted octanol–water partition coefficient (Wildman–Crippen LogP) is 0.139. The number of carbonyl (C=O) groups excluding carboxylic acids is 2. The molecule has 0 bridgehead atoms. The largest absolute Gasteiger partial charge is 0.481 e. The molecule has 0 aliphatic carbocycles. The highest BCUT2D eigenvalue weighted by Gasteiger charge is 2.07. The van der Waals surface area contributed by atoms with Crippen molar-refractivity contribution >= 4 is 17.9 Å². The fraction of sp³-hybridized carbons (Fsp3) is 0.583. The molecule has 1 aromatic rings. The maximum absolute atomic E-state index is 11.4. The van der Waals surface area contributed by atoms with Gasteiger partial charge in [-0.15, -0.1) is 5.10 Å². The van der Waals surface area contributed by atoms with Crippen LogP contribution in [-0.2, 0) is 16.1 Å². The number of imide groups is 1. The van der Waals surface area contributed by atoms with Crippen LogP contribution < -0.4 is 10.6 Å². The third-order valence-corrected chi connectivity index (χ3v) is 2.62. The van der Waals surface area contributed by atoms with Gasteiger partial charge in [0.25, 0.3) is 0 Å². The summed E-state index contributed by atoms with van der Waals surface area (Å²) >= 11 is 0. The fourth-order valence-corrected chi connectivity index (χ4v) is 1.59. The monoisotopic (exact) mass is 297 g/mol. The molecule has 9 nitrogen and oxygen atoms in total. The van der Waals surface area contributed by atoms with Crippen LogP contribution in [0.4, 0.5) is 4.79 Å². The van der Waals surface area contributed by atoms with E-state index in [9.17, 15) is 14.4 Å². The van der Waals surface area contributed by atoms with Crippen LogP contribution in [0.5, 0.6) is 0 Å². The number of aromatic nitrogens is 3. The summed E-state index contributed by atoms with van der Waals surface area (Å²) in [5.41, 5.74) is 0. The lowest BCUT2D eigenvalue weighted by atomic mass is 10.2. The Balaban J connectivity index is 2.01. The molecule has 0 saturated heterocycles. The zero-order valence-electron chi connectivity index (χ0n) is 11.6. The molecule has 116 valence electrons. The SMILES string of the molecule is O=C(O)CCCCC(=O)NC(=O)NCCCn1ccnn1. The average Bonchev–Trinajstić information content (AvgIpc) is 2.93. The van der Waals surface area contributed by atoms with E-state index in [4.69, 9.17) is 5.11 Å². The first kappa shape index (κ1) is 16.6. The van der Waals surface area contributed by atoms with E-state index in [0.29, 0.717) is 32.4 Å². The van der Waals surface area contributed by atoms with E-state index in [0.717, 1.165) is 0 Å². The first-order valence-electron chi connectivity index (χ1n) is 6.71. The van der Waals surface area contributed by atoms with E-state index in [-0.39, 0.29) is 12.8 Å². The number of carboxylic acid groups (broad SMARTS) is 1. The molecular formula is C12H19N5O4. The van der Waals surface area contributed by atoms with E-state index < -0.39 is 17.9 Å². The Labute approximate surface area is 121 Å². The van der Waals surface area contributed by atoms with Gasteiger partial charge in [-0.2, -0.15) is 0 Å². The van der Waals surface area contributed by atoms with Crippen molar-refractivity contribution in [1.82, 2.24) is 25.6 Å². The second-order valence-corrected chi connectivity index (χ2v) is 4.42. The van der Waals surface area contributed by atoms with Crippen LogP contribution in [0, 0.1) is 0 Å². The van der Waals surface area contributed by atoms with Crippen molar-refractivity contribution in [3.8, 4) is 0 Å². The second-order valence-electron chi connectivity index (χ2n) is 4.42. The van der Waals surface area contributed by atoms with Crippen LogP contribution in [0.3, 0.4) is 0 Å². The molecule has 3 N–H and O–H groups in total. The van der Waals surface area contributed by atoms with Crippen LogP contribution >= 0.6 is 0 Å². The molecule has 0 aliphatic rings. The number of unbranched alkanes of at least 4 members (excludes halogenated alkanes) is 1. The number of aryl methyl sites for hydroxylation is 1. The standard InChI is InChI=1S/C12H19N5O4/c18-10(4-1-2-5-11(19)20)15-12(21)13-6-3-8-17-9-7-14-16-17/h7,9H,1-6,8H2,(H,19,20)(H2,13,15,18,21). The first-order valence-corrected chi connectivity index (χ1v) is 6.71. The Morgan fingerprint density at radius 2 is 1.90 bits per heavy atom. The van der Waals surface area contributed by atoms with Gasteiger partial charge in [0.2, 0.25) is 5.91 Å². The third-order valence-electron chi connectivity index (χ3n) is 2.62. The molecule has 0 spiro atoms. The molecule has 1 aromatic heterocycles.